The van der Waals surface area contributed by atoms with Crippen molar-refractivity contribution in [1.82, 2.24) is 0 Å². The second-order valence-electron chi connectivity index (χ2n) is 1.20. The largest absolute Gasteiger partial charge is 1.00 e. The van der Waals surface area contributed by atoms with Gasteiger partial charge < -0.3 is 19.1 Å². The van der Waals surface area contributed by atoms with Crippen LogP contribution in [0.1, 0.15) is 6.92 Å². The summed E-state index contributed by atoms with van der Waals surface area (Å²) in [5.41, 5.74) is -1.69. The summed E-state index contributed by atoms with van der Waals surface area (Å²) >= 11 is 0. The Bertz CT molecular complexity index is 154. The second-order valence-corrected chi connectivity index (χ2v) is 2.56. The summed E-state index contributed by atoms with van der Waals surface area (Å²) in [6.45, 7) is 1.31. The summed E-state index contributed by atoms with van der Waals surface area (Å²) in [7, 11) is -5.13. The van der Waals surface area contributed by atoms with Crippen LogP contribution in [-0.4, -0.2) is 12.3 Å². The minimum absolute atomic E-state index is 0. The van der Waals surface area contributed by atoms with Crippen molar-refractivity contribution in [3.63, 3.8) is 0 Å². The molecule has 0 aromatic heterocycles. The molecule has 0 rings (SSSR count). The van der Waals surface area contributed by atoms with Crippen molar-refractivity contribution in [2.24, 2.45) is 0 Å². The zero-order chi connectivity index (χ0) is 7.49. The van der Waals surface area contributed by atoms with E-state index >= 15 is 0 Å². The van der Waals surface area contributed by atoms with E-state index < -0.39 is 13.3 Å². The minimum atomic E-state index is -5.13. The Balaban J connectivity index is -0.000000320. The van der Waals surface area contributed by atoms with Crippen molar-refractivity contribution in [3.05, 3.63) is 0 Å². The predicted octanol–water partition coefficient (Wildman–Crippen LogP) is -6.94. The molecule has 0 N–H and O–H groups in total. The summed E-state index contributed by atoms with van der Waals surface area (Å²) in [6.07, 6.45) is 0. The van der Waals surface area contributed by atoms with Crippen molar-refractivity contribution < 1.29 is 61.6 Å². The molecule has 0 saturated heterocycles. The zero-order valence-corrected chi connectivity index (χ0v) is 7.59. The third-order valence-electron chi connectivity index (χ3n) is 0.491. The van der Waals surface area contributed by atoms with Crippen LogP contribution in [0, 0.1) is 0 Å². The zero-order valence-electron chi connectivity index (χ0n) is 6.70. The monoisotopic (exact) mass is 166 g/mol. The number of hydrogen-bond acceptors (Lipinski definition) is 5. The fraction of sp³-hybridized carbons (Fsp3) is 0.667. The van der Waals surface area contributed by atoms with Gasteiger partial charge in [0.25, 0.3) is 0 Å². The van der Waals surface area contributed by atoms with Crippen LogP contribution in [0.5, 0.6) is 0 Å². The number of hydrogen-bond donors (Lipinski definition) is 0. The molecule has 54 valence electrons. The summed E-state index contributed by atoms with van der Waals surface area (Å²) < 4.78 is 13.6. The number of rotatable bonds is 2. The van der Waals surface area contributed by atoms with Crippen molar-refractivity contribution in [2.75, 3.05) is 6.61 Å². The molecule has 0 aromatic carbocycles. The van der Waals surface area contributed by atoms with Crippen LogP contribution in [0.3, 0.4) is 0 Å². The van der Waals surface area contributed by atoms with Gasteiger partial charge in [-0.3, -0.25) is 0 Å². The van der Waals surface area contributed by atoms with E-state index in [1.165, 1.54) is 6.92 Å². The van der Waals surface area contributed by atoms with Crippen LogP contribution in [0.4, 0.5) is 4.79 Å². The molecule has 0 saturated carbocycles. The summed E-state index contributed by atoms with van der Waals surface area (Å²) in [4.78, 5) is 29.4. The molecule has 0 fully saturated rings. The first-order valence-electron chi connectivity index (χ1n) is 2.18. The van der Waals surface area contributed by atoms with Crippen LogP contribution >= 0.6 is 7.60 Å². The minimum Gasteiger partial charge on any atom is -0.803 e. The van der Waals surface area contributed by atoms with E-state index in [-0.39, 0.29) is 44.3 Å². The maximum Gasteiger partial charge on any atom is 1.00 e. The standard InChI is InChI=1S/C3H7O5P.2Li/c1-2-8-3(4)9(5,6)7;;/h2H2,1H3,(H2,5,6,7);;/q;2*+1/p-2. The molecule has 0 bridgehead atoms. The summed E-state index contributed by atoms with van der Waals surface area (Å²) in [5.74, 6) is 0. The molecule has 11 heavy (non-hydrogen) atoms. The molecule has 0 amide bonds. The van der Waals surface area contributed by atoms with Crippen molar-refractivity contribution in [2.45, 2.75) is 6.92 Å². The van der Waals surface area contributed by atoms with Gasteiger partial charge in [-0.05, 0) is 6.92 Å². The maximum absolute atomic E-state index is 9.95. The van der Waals surface area contributed by atoms with E-state index in [9.17, 15) is 19.1 Å². The normalized spacial score (nSPS) is 9.00. The van der Waals surface area contributed by atoms with E-state index in [4.69, 9.17) is 0 Å². The van der Waals surface area contributed by atoms with Gasteiger partial charge in [0.05, 0.1) is 6.61 Å². The molecule has 0 aromatic rings. The SMILES string of the molecule is CCOC(=O)P(=O)([O-])[O-].[Li+].[Li+]. The molecule has 0 aliphatic rings. The van der Waals surface area contributed by atoms with Gasteiger partial charge in [-0.15, -0.1) is 0 Å². The predicted molar refractivity (Wildman–Crippen MR) is 24.6 cm³/mol. The van der Waals surface area contributed by atoms with Gasteiger partial charge >= 0.3 is 43.4 Å². The second kappa shape index (κ2) is 7.46. The quantitative estimate of drug-likeness (QED) is 0.300. The van der Waals surface area contributed by atoms with E-state index in [0.29, 0.717) is 0 Å². The first-order chi connectivity index (χ1) is 3.98. The first-order valence-corrected chi connectivity index (χ1v) is 3.72. The van der Waals surface area contributed by atoms with Crippen molar-refractivity contribution in [1.29, 1.82) is 0 Å². The van der Waals surface area contributed by atoms with Gasteiger partial charge in [-0.25, -0.2) is 4.79 Å². The maximum atomic E-state index is 9.95. The van der Waals surface area contributed by atoms with Gasteiger partial charge in [0, 0.05) is 7.60 Å². The summed E-state index contributed by atoms with van der Waals surface area (Å²) in [5, 5.41) is 0. The molecule has 5 nitrogen and oxygen atoms in total. The number of carbonyl (C=O) groups excluding carboxylic acids is 1. The van der Waals surface area contributed by atoms with E-state index in [2.05, 4.69) is 4.74 Å². The van der Waals surface area contributed by atoms with Gasteiger partial charge in [0.2, 0.25) is 0 Å². The average Bonchev–Trinajstić information content (AvgIpc) is 1.64. The summed E-state index contributed by atoms with van der Waals surface area (Å²) in [6, 6.07) is 0. The van der Waals surface area contributed by atoms with Crippen LogP contribution < -0.4 is 47.5 Å². The van der Waals surface area contributed by atoms with Gasteiger partial charge in [-0.2, -0.15) is 0 Å². The number of ether oxygens (including phenoxy) is 1. The van der Waals surface area contributed by atoms with Crippen LogP contribution in [0.25, 0.3) is 0 Å². The Morgan fingerprint density at radius 3 is 1.91 bits per heavy atom. The van der Waals surface area contributed by atoms with Gasteiger partial charge in [0.15, 0.2) is 0 Å². The fourth-order valence-electron chi connectivity index (χ4n) is 0.203. The van der Waals surface area contributed by atoms with E-state index in [0.717, 1.165) is 0 Å². The van der Waals surface area contributed by atoms with Crippen molar-refractivity contribution >= 4 is 13.3 Å². The molecule has 0 aliphatic heterocycles. The molecule has 0 aliphatic carbocycles. The third-order valence-corrected chi connectivity index (χ3v) is 1.07. The molecule has 0 heterocycles. The Morgan fingerprint density at radius 1 is 1.45 bits per heavy atom. The van der Waals surface area contributed by atoms with E-state index in [1.807, 2.05) is 0 Å². The molecule has 0 atom stereocenters. The van der Waals surface area contributed by atoms with Crippen LogP contribution in [-0.2, 0) is 9.30 Å². The molecule has 0 radical (unpaired) electrons. The Hall–Kier alpha value is 0.815. The van der Waals surface area contributed by atoms with Crippen LogP contribution in [0.15, 0.2) is 0 Å². The number of carbonyl (C=O) groups is 1. The molecule has 8 heteroatoms. The third kappa shape index (κ3) is 8.72. The van der Waals surface area contributed by atoms with Gasteiger partial charge in [-0.1, -0.05) is 0 Å². The average molecular weight is 166 g/mol. The van der Waals surface area contributed by atoms with Crippen molar-refractivity contribution in [3.8, 4) is 0 Å². The molecular formula is C3H5Li2O5P. The topological polar surface area (TPSA) is 89.5 Å². The Morgan fingerprint density at radius 2 is 1.82 bits per heavy atom. The molecule has 0 spiro atoms. The van der Waals surface area contributed by atoms with E-state index in [1.54, 1.807) is 0 Å². The molecule has 0 unspecified atom stereocenters. The fourth-order valence-corrected chi connectivity index (χ4v) is 0.490. The molecular weight excluding hydrogens is 161 g/mol. The Labute approximate surface area is 88.4 Å². The smallest absolute Gasteiger partial charge is 0.803 e. The van der Waals surface area contributed by atoms with Gasteiger partial charge in [0.1, 0.15) is 0 Å². The first kappa shape index (κ1) is 17.8. The van der Waals surface area contributed by atoms with Crippen LogP contribution in [0.2, 0.25) is 0 Å². The Kier molecular flexibility index (Phi) is 12.1.